The predicted molar refractivity (Wildman–Crippen MR) is 136 cm³/mol. The fourth-order valence-electron chi connectivity index (χ4n) is 5.53. The molecule has 182 valence electrons. The highest BCUT2D eigenvalue weighted by atomic mass is 16.5. The molecule has 3 fully saturated rings. The normalized spacial score (nSPS) is 19.9. The number of primary amides is 1. The molecule has 0 unspecified atom stereocenters. The van der Waals surface area contributed by atoms with Crippen molar-refractivity contribution < 1.29 is 14.3 Å². The molecule has 3 aliphatic carbocycles. The number of hydrogen-bond acceptors (Lipinski definition) is 5. The van der Waals surface area contributed by atoms with Crippen molar-refractivity contribution in [3.8, 4) is 11.5 Å². The summed E-state index contributed by atoms with van der Waals surface area (Å²) in [5.41, 5.74) is 10.2. The minimum Gasteiger partial charge on any atom is -0.456 e. The highest BCUT2D eigenvalue weighted by Crippen LogP contribution is 2.62. The molecule has 2 aromatic heterocycles. The van der Waals surface area contributed by atoms with Crippen LogP contribution in [-0.4, -0.2) is 26.6 Å². The van der Waals surface area contributed by atoms with Crippen molar-refractivity contribution >= 4 is 28.4 Å². The van der Waals surface area contributed by atoms with Gasteiger partial charge in [-0.3, -0.25) is 19.3 Å². The molecule has 36 heavy (non-hydrogen) atoms. The lowest BCUT2D eigenvalue weighted by Gasteiger charge is -2.61. The lowest BCUT2D eigenvalue weighted by Crippen LogP contribution is -2.59. The largest absolute Gasteiger partial charge is 0.456 e. The Hall–Kier alpha value is -4.20. The molecule has 0 spiro atoms. The number of rotatable bonds is 7. The Bertz CT molecular complexity index is 1500. The van der Waals surface area contributed by atoms with Gasteiger partial charge in [0.05, 0.1) is 29.4 Å². The lowest BCUT2D eigenvalue weighted by atomic mass is 9.50. The van der Waals surface area contributed by atoms with Gasteiger partial charge in [-0.1, -0.05) is 12.1 Å². The maximum absolute atomic E-state index is 12.7. The average molecular weight is 482 g/mol. The van der Waals surface area contributed by atoms with Crippen LogP contribution in [0.5, 0.6) is 11.5 Å². The van der Waals surface area contributed by atoms with Crippen LogP contribution in [0.1, 0.15) is 46.3 Å². The molecule has 3 N–H and O–H groups in total. The summed E-state index contributed by atoms with van der Waals surface area (Å²) >= 11 is 0. The van der Waals surface area contributed by atoms with Crippen LogP contribution >= 0.6 is 0 Å². The third-order valence-electron chi connectivity index (χ3n) is 7.44. The summed E-state index contributed by atoms with van der Waals surface area (Å²) in [5, 5.41) is 8.16. The number of pyridine rings is 1. The van der Waals surface area contributed by atoms with E-state index >= 15 is 0 Å². The summed E-state index contributed by atoms with van der Waals surface area (Å²) < 4.78 is 8.32. The first-order valence-electron chi connectivity index (χ1n) is 12.1. The monoisotopic (exact) mass is 481 g/mol. The third kappa shape index (κ3) is 3.79. The first-order chi connectivity index (χ1) is 17.3. The minimum absolute atomic E-state index is 0.0845. The molecule has 0 atom stereocenters. The number of anilines is 1. The number of nitrogens with one attached hydrogen (secondary N) is 1. The van der Waals surface area contributed by atoms with Gasteiger partial charge in [-0.2, -0.15) is 5.10 Å². The van der Waals surface area contributed by atoms with Crippen LogP contribution in [0.25, 0.3) is 10.9 Å². The van der Waals surface area contributed by atoms with Gasteiger partial charge in [0.15, 0.2) is 0 Å². The van der Waals surface area contributed by atoms with Crippen molar-refractivity contribution in [2.75, 3.05) is 5.32 Å². The van der Waals surface area contributed by atoms with Gasteiger partial charge in [0, 0.05) is 23.3 Å². The van der Waals surface area contributed by atoms with Gasteiger partial charge in [0.25, 0.3) is 0 Å². The van der Waals surface area contributed by atoms with E-state index in [1.54, 1.807) is 36.7 Å². The van der Waals surface area contributed by atoms with E-state index in [-0.39, 0.29) is 17.9 Å². The number of fused-ring (bicyclic) bond motifs is 1. The van der Waals surface area contributed by atoms with Crippen molar-refractivity contribution in [1.29, 1.82) is 0 Å². The quantitative estimate of drug-likeness (QED) is 0.400. The van der Waals surface area contributed by atoms with E-state index in [0.29, 0.717) is 28.0 Å². The molecule has 0 aliphatic heterocycles. The Morgan fingerprint density at radius 3 is 2.56 bits per heavy atom. The Morgan fingerprint density at radius 1 is 1.14 bits per heavy atom. The van der Waals surface area contributed by atoms with Gasteiger partial charge >= 0.3 is 0 Å². The van der Waals surface area contributed by atoms with E-state index in [0.717, 1.165) is 28.3 Å². The van der Waals surface area contributed by atoms with Crippen LogP contribution < -0.4 is 15.8 Å². The van der Waals surface area contributed by atoms with Crippen LogP contribution in [0.15, 0.2) is 55.0 Å². The fourth-order valence-corrected chi connectivity index (χ4v) is 5.53. The highest BCUT2D eigenvalue weighted by molar-refractivity contribution is 5.98. The molecule has 2 aromatic carbocycles. The predicted octanol–water partition coefficient (Wildman–Crippen LogP) is 4.63. The number of benzene rings is 2. The molecule has 2 bridgehead atoms. The van der Waals surface area contributed by atoms with Gasteiger partial charge in [0.2, 0.25) is 11.8 Å². The maximum Gasteiger partial charge on any atom is 0.248 e. The molecule has 3 saturated carbocycles. The summed E-state index contributed by atoms with van der Waals surface area (Å²) in [5.74, 6) is 1.57. The molecule has 0 radical (unpaired) electrons. The number of aromatic nitrogens is 3. The number of ether oxygens (including phenoxy) is 1. The van der Waals surface area contributed by atoms with E-state index in [9.17, 15) is 9.59 Å². The minimum atomic E-state index is -0.506. The zero-order valence-electron chi connectivity index (χ0n) is 20.2. The van der Waals surface area contributed by atoms with Gasteiger partial charge < -0.3 is 15.8 Å². The SMILES string of the molecule is Cc1cc(CC(=O)Nc2cnn(C34CC(C3)C4)c2)cc(C)c1Oc1ccnc2ccc(C(N)=O)cc12. The first kappa shape index (κ1) is 22.3. The van der Waals surface area contributed by atoms with Crippen LogP contribution in [0.4, 0.5) is 5.69 Å². The van der Waals surface area contributed by atoms with Crippen LogP contribution in [0, 0.1) is 19.8 Å². The van der Waals surface area contributed by atoms with E-state index in [2.05, 4.69) is 15.4 Å². The zero-order chi connectivity index (χ0) is 25.0. The van der Waals surface area contributed by atoms with E-state index in [1.807, 2.05) is 36.9 Å². The third-order valence-corrected chi connectivity index (χ3v) is 7.44. The number of amides is 2. The van der Waals surface area contributed by atoms with E-state index in [4.69, 9.17) is 10.5 Å². The Morgan fingerprint density at radius 2 is 1.89 bits per heavy atom. The zero-order valence-corrected chi connectivity index (χ0v) is 20.2. The topological polar surface area (TPSA) is 112 Å². The number of carbonyl (C=O) groups is 2. The maximum atomic E-state index is 12.7. The molecule has 4 aromatic rings. The van der Waals surface area contributed by atoms with Crippen LogP contribution in [-0.2, 0) is 16.8 Å². The van der Waals surface area contributed by atoms with Gasteiger partial charge in [0.1, 0.15) is 11.5 Å². The lowest BCUT2D eigenvalue weighted by molar-refractivity contribution is -0.115. The number of aryl methyl sites for hydroxylation is 2. The van der Waals surface area contributed by atoms with Crippen molar-refractivity contribution in [3.63, 3.8) is 0 Å². The Kier molecular flexibility index (Phi) is 5.07. The van der Waals surface area contributed by atoms with Crippen molar-refractivity contribution in [3.05, 3.63) is 77.2 Å². The second-order valence-corrected chi connectivity index (χ2v) is 10.2. The van der Waals surface area contributed by atoms with Crippen molar-refractivity contribution in [2.24, 2.45) is 11.7 Å². The molecular formula is C28H27N5O3. The standard InChI is InChI=1S/C28H27N5O3/c1-16-7-18(9-25(34)32-21-14-31-33(15-21)28-11-19(12-28)13-28)8-17(2)26(16)36-24-5-6-30-23-4-3-20(27(29)35)10-22(23)24/h3-8,10,14-15,19H,9,11-13H2,1-2H3,(H2,29,35)(H,32,34). The number of nitrogens with two attached hydrogens (primary N) is 1. The first-order valence-corrected chi connectivity index (χ1v) is 12.1. The van der Waals surface area contributed by atoms with Gasteiger partial charge in [-0.15, -0.1) is 0 Å². The number of nitrogens with zero attached hydrogens (tertiary/aromatic N) is 3. The number of carbonyl (C=O) groups excluding carboxylic acids is 2. The molecular weight excluding hydrogens is 454 g/mol. The van der Waals surface area contributed by atoms with Gasteiger partial charge in [-0.05, 0) is 80.0 Å². The second kappa shape index (κ2) is 8.19. The van der Waals surface area contributed by atoms with Crippen LogP contribution in [0.3, 0.4) is 0 Å². The molecule has 2 heterocycles. The summed E-state index contributed by atoms with van der Waals surface area (Å²) in [7, 11) is 0. The molecule has 0 saturated heterocycles. The molecule has 3 aliphatic rings. The summed E-state index contributed by atoms with van der Waals surface area (Å²) in [6.45, 7) is 3.91. The van der Waals surface area contributed by atoms with Crippen molar-refractivity contribution in [1.82, 2.24) is 14.8 Å². The average Bonchev–Trinajstić information content (AvgIpc) is 3.21. The smallest absolute Gasteiger partial charge is 0.248 e. The number of hydrogen-bond donors (Lipinski definition) is 2. The van der Waals surface area contributed by atoms with Crippen LogP contribution in [0.2, 0.25) is 0 Å². The summed E-state index contributed by atoms with van der Waals surface area (Å²) in [6, 6.07) is 10.8. The Balaban J connectivity index is 1.18. The molecule has 7 rings (SSSR count). The molecule has 8 heteroatoms. The second-order valence-electron chi connectivity index (χ2n) is 10.2. The molecule has 8 nitrogen and oxygen atoms in total. The van der Waals surface area contributed by atoms with Crippen molar-refractivity contribution in [2.45, 2.75) is 45.1 Å². The fraction of sp³-hybridized carbons (Fsp3) is 0.286. The van der Waals surface area contributed by atoms with E-state index < -0.39 is 5.91 Å². The van der Waals surface area contributed by atoms with E-state index in [1.165, 1.54) is 19.3 Å². The summed E-state index contributed by atoms with van der Waals surface area (Å²) in [6.07, 6.45) is 9.21. The Labute approximate surface area is 208 Å². The summed E-state index contributed by atoms with van der Waals surface area (Å²) in [4.78, 5) is 28.7. The highest BCUT2D eigenvalue weighted by Gasteiger charge is 2.58. The van der Waals surface area contributed by atoms with Gasteiger partial charge in [-0.25, -0.2) is 0 Å². The molecule has 2 amide bonds.